The van der Waals surface area contributed by atoms with Gasteiger partial charge >= 0.3 is 6.09 Å². The molecule has 0 radical (unpaired) electrons. The number of sulfone groups is 1. The van der Waals surface area contributed by atoms with Gasteiger partial charge < -0.3 is 15.4 Å². The molecule has 7 nitrogen and oxygen atoms in total. The number of carbonyl (C=O) groups excluding carboxylic acids is 2. The van der Waals surface area contributed by atoms with E-state index in [4.69, 9.17) is 4.74 Å². The van der Waals surface area contributed by atoms with E-state index in [9.17, 15) is 18.0 Å². The quantitative estimate of drug-likeness (QED) is 0.661. The summed E-state index contributed by atoms with van der Waals surface area (Å²) in [6.07, 6.45) is 1.61. The zero-order chi connectivity index (χ0) is 19.3. The van der Waals surface area contributed by atoms with Crippen molar-refractivity contribution < 1.29 is 22.7 Å². The van der Waals surface area contributed by atoms with Crippen molar-refractivity contribution in [1.82, 2.24) is 10.6 Å². The van der Waals surface area contributed by atoms with Crippen LogP contribution in [-0.2, 0) is 19.4 Å². The van der Waals surface area contributed by atoms with E-state index in [0.29, 0.717) is 13.0 Å². The van der Waals surface area contributed by atoms with Crippen LogP contribution in [0.25, 0.3) is 0 Å². The second-order valence-electron chi connectivity index (χ2n) is 8.07. The van der Waals surface area contributed by atoms with Crippen molar-refractivity contribution in [2.75, 3.05) is 18.1 Å². The summed E-state index contributed by atoms with van der Waals surface area (Å²) >= 11 is 0. The van der Waals surface area contributed by atoms with Gasteiger partial charge in [0.15, 0.2) is 9.84 Å². The van der Waals surface area contributed by atoms with Crippen LogP contribution in [0, 0.1) is 11.8 Å². The van der Waals surface area contributed by atoms with Crippen LogP contribution in [0.3, 0.4) is 0 Å². The average Bonchev–Trinajstić information content (AvgIpc) is 2.78. The largest absolute Gasteiger partial charge is 0.444 e. The van der Waals surface area contributed by atoms with E-state index in [0.717, 1.165) is 12.8 Å². The second-order valence-corrected chi connectivity index (χ2v) is 10.3. The predicted octanol–water partition coefficient (Wildman–Crippen LogP) is 1.87. The van der Waals surface area contributed by atoms with Gasteiger partial charge in [-0.05, 0) is 51.9 Å². The Morgan fingerprint density at radius 2 is 1.88 bits per heavy atom. The van der Waals surface area contributed by atoms with Gasteiger partial charge in [-0.3, -0.25) is 4.79 Å². The van der Waals surface area contributed by atoms with Gasteiger partial charge in [0.05, 0.1) is 11.5 Å². The van der Waals surface area contributed by atoms with E-state index in [1.54, 1.807) is 20.8 Å². The Hall–Kier alpha value is -1.31. The van der Waals surface area contributed by atoms with Gasteiger partial charge in [-0.2, -0.15) is 0 Å². The number of amides is 2. The van der Waals surface area contributed by atoms with E-state index in [1.807, 2.05) is 13.8 Å². The molecule has 146 valence electrons. The van der Waals surface area contributed by atoms with Crippen molar-refractivity contribution >= 4 is 21.8 Å². The molecule has 2 unspecified atom stereocenters. The lowest BCUT2D eigenvalue weighted by molar-refractivity contribution is -0.124. The number of alkyl carbamates (subject to hydrolysis) is 1. The molecule has 0 bridgehead atoms. The summed E-state index contributed by atoms with van der Waals surface area (Å²) in [5.74, 6) is 0.407. The summed E-state index contributed by atoms with van der Waals surface area (Å²) in [6.45, 7) is 9.46. The summed E-state index contributed by atoms with van der Waals surface area (Å²) in [7, 11) is -2.85. The van der Waals surface area contributed by atoms with Crippen LogP contribution < -0.4 is 10.6 Å². The Kier molecular flexibility index (Phi) is 7.71. The van der Waals surface area contributed by atoms with E-state index < -0.39 is 27.6 Å². The minimum absolute atomic E-state index is 0.0764. The summed E-state index contributed by atoms with van der Waals surface area (Å²) in [4.78, 5) is 24.2. The van der Waals surface area contributed by atoms with Crippen molar-refractivity contribution in [1.29, 1.82) is 0 Å². The van der Waals surface area contributed by atoms with E-state index in [-0.39, 0.29) is 29.2 Å². The number of hydrogen-bond donors (Lipinski definition) is 2. The monoisotopic (exact) mass is 376 g/mol. The Labute approximate surface area is 151 Å². The molecule has 2 N–H and O–H groups in total. The van der Waals surface area contributed by atoms with Gasteiger partial charge in [-0.25, -0.2) is 13.2 Å². The van der Waals surface area contributed by atoms with Crippen LogP contribution in [-0.4, -0.2) is 50.1 Å². The first-order chi connectivity index (χ1) is 11.4. The van der Waals surface area contributed by atoms with E-state index >= 15 is 0 Å². The normalized spacial score (nSPS) is 21.0. The highest BCUT2D eigenvalue weighted by atomic mass is 32.2. The molecule has 1 aliphatic rings. The topological polar surface area (TPSA) is 102 Å². The van der Waals surface area contributed by atoms with E-state index in [1.165, 1.54) is 0 Å². The lowest BCUT2D eigenvalue weighted by Crippen LogP contribution is -2.51. The van der Waals surface area contributed by atoms with Crippen LogP contribution in [0.15, 0.2) is 0 Å². The number of nitrogens with one attached hydrogen (secondary N) is 2. The molecule has 1 heterocycles. The van der Waals surface area contributed by atoms with Crippen LogP contribution in [0.4, 0.5) is 4.79 Å². The molecule has 8 heteroatoms. The van der Waals surface area contributed by atoms with Crippen molar-refractivity contribution in [3.8, 4) is 0 Å². The zero-order valence-corrected chi connectivity index (χ0v) is 16.7. The minimum atomic E-state index is -2.85. The maximum Gasteiger partial charge on any atom is 0.408 e. The molecule has 0 aliphatic carbocycles. The molecule has 1 rings (SSSR count). The SMILES string of the molecule is CC(C)C(NC(=O)OC(C)(C)C)C(=O)NCCCC1CCS(=O)(=O)C1. The molecule has 25 heavy (non-hydrogen) atoms. The van der Waals surface area contributed by atoms with Crippen LogP contribution >= 0.6 is 0 Å². The zero-order valence-electron chi connectivity index (χ0n) is 15.9. The number of carbonyl (C=O) groups is 2. The Bertz CT molecular complexity index is 566. The highest BCUT2D eigenvalue weighted by molar-refractivity contribution is 7.91. The fourth-order valence-corrected chi connectivity index (χ4v) is 4.69. The first kappa shape index (κ1) is 21.7. The lowest BCUT2D eigenvalue weighted by atomic mass is 10.0. The van der Waals surface area contributed by atoms with Gasteiger partial charge in [-0.15, -0.1) is 0 Å². The van der Waals surface area contributed by atoms with Crippen molar-refractivity contribution in [3.63, 3.8) is 0 Å². The lowest BCUT2D eigenvalue weighted by Gasteiger charge is -2.25. The molecule has 2 atom stereocenters. The summed E-state index contributed by atoms with van der Waals surface area (Å²) < 4.78 is 28.0. The molecule has 0 aromatic carbocycles. The summed E-state index contributed by atoms with van der Waals surface area (Å²) in [6, 6.07) is -0.665. The Morgan fingerprint density at radius 1 is 1.24 bits per heavy atom. The van der Waals surface area contributed by atoms with Gasteiger partial charge in [0.2, 0.25) is 5.91 Å². The third-order valence-electron chi connectivity index (χ3n) is 4.04. The second kappa shape index (κ2) is 8.87. The van der Waals surface area contributed by atoms with Crippen LogP contribution in [0.1, 0.15) is 53.9 Å². The minimum Gasteiger partial charge on any atom is -0.444 e. The smallest absolute Gasteiger partial charge is 0.408 e. The van der Waals surface area contributed by atoms with Crippen molar-refractivity contribution in [3.05, 3.63) is 0 Å². The van der Waals surface area contributed by atoms with Crippen LogP contribution in [0.5, 0.6) is 0 Å². The summed E-state index contributed by atoms with van der Waals surface area (Å²) in [5, 5.41) is 5.43. The standard InChI is InChI=1S/C17H32N2O5S/c1-12(2)14(19-16(21)24-17(3,4)5)15(20)18-9-6-7-13-8-10-25(22,23)11-13/h12-14H,6-11H2,1-5H3,(H,18,20)(H,19,21). The Morgan fingerprint density at radius 3 is 2.36 bits per heavy atom. The highest BCUT2D eigenvalue weighted by Crippen LogP contribution is 2.22. The van der Waals surface area contributed by atoms with Gasteiger partial charge in [-0.1, -0.05) is 13.8 Å². The maximum absolute atomic E-state index is 12.3. The molecule has 1 aliphatic heterocycles. The third kappa shape index (κ3) is 8.56. The number of ether oxygens (including phenoxy) is 1. The Balaban J connectivity index is 2.37. The van der Waals surface area contributed by atoms with Gasteiger partial charge in [0.25, 0.3) is 0 Å². The van der Waals surface area contributed by atoms with Crippen LogP contribution in [0.2, 0.25) is 0 Å². The molecule has 0 aromatic heterocycles. The highest BCUT2D eigenvalue weighted by Gasteiger charge is 2.28. The van der Waals surface area contributed by atoms with Gasteiger partial charge in [0, 0.05) is 6.54 Å². The first-order valence-electron chi connectivity index (χ1n) is 8.87. The molecule has 2 amide bonds. The van der Waals surface area contributed by atoms with Gasteiger partial charge in [0.1, 0.15) is 11.6 Å². The third-order valence-corrected chi connectivity index (χ3v) is 5.87. The van der Waals surface area contributed by atoms with E-state index in [2.05, 4.69) is 10.6 Å². The fraction of sp³-hybridized carbons (Fsp3) is 0.882. The molecule has 1 saturated heterocycles. The fourth-order valence-electron chi connectivity index (χ4n) is 2.78. The summed E-state index contributed by atoms with van der Waals surface area (Å²) in [5.41, 5.74) is -0.621. The predicted molar refractivity (Wildman–Crippen MR) is 97.0 cm³/mol. The maximum atomic E-state index is 12.3. The number of hydrogen-bond acceptors (Lipinski definition) is 5. The average molecular weight is 377 g/mol. The number of rotatable bonds is 7. The molecule has 0 aromatic rings. The molecular weight excluding hydrogens is 344 g/mol. The molecule has 1 fully saturated rings. The van der Waals surface area contributed by atoms with Crippen molar-refractivity contribution in [2.24, 2.45) is 11.8 Å². The molecular formula is C17H32N2O5S. The first-order valence-corrected chi connectivity index (χ1v) is 10.7. The molecule has 0 spiro atoms. The van der Waals surface area contributed by atoms with Crippen molar-refractivity contribution in [2.45, 2.75) is 65.5 Å². The molecule has 0 saturated carbocycles.